The number of aromatic amines is 1. The van der Waals surface area contributed by atoms with Gasteiger partial charge in [-0.1, -0.05) is 12.1 Å². The Morgan fingerprint density at radius 2 is 2.24 bits per heavy atom. The summed E-state index contributed by atoms with van der Waals surface area (Å²) in [5.74, 6) is 1.34. The molecule has 3 heterocycles. The molecule has 1 saturated heterocycles. The van der Waals surface area contributed by atoms with Gasteiger partial charge in [-0.25, -0.2) is 4.98 Å². The molecule has 2 atom stereocenters. The highest BCUT2D eigenvalue weighted by Crippen LogP contribution is 2.35. The smallest absolute Gasteiger partial charge is 0.223 e. The molecule has 7 heteroatoms. The fraction of sp³-hybridized carbons (Fsp3) is 0.389. The van der Waals surface area contributed by atoms with E-state index in [1.165, 1.54) is 5.56 Å². The van der Waals surface area contributed by atoms with Crippen LogP contribution >= 0.6 is 0 Å². The summed E-state index contributed by atoms with van der Waals surface area (Å²) in [6, 6.07) is 6.30. The van der Waals surface area contributed by atoms with Gasteiger partial charge in [-0.3, -0.25) is 9.89 Å². The monoisotopic (exact) mass is 338 g/mol. The summed E-state index contributed by atoms with van der Waals surface area (Å²) < 4.78 is 2.00. The number of rotatable bonds is 5. The zero-order valence-electron chi connectivity index (χ0n) is 14.4. The lowest BCUT2D eigenvalue weighted by Gasteiger charge is -2.24. The van der Waals surface area contributed by atoms with E-state index in [0.717, 1.165) is 29.8 Å². The van der Waals surface area contributed by atoms with Gasteiger partial charge in [0.1, 0.15) is 5.82 Å². The highest BCUT2D eigenvalue weighted by molar-refractivity contribution is 5.79. The number of carbonyl (C=O) groups excluding carboxylic acids is 1. The van der Waals surface area contributed by atoms with Crippen molar-refractivity contribution in [1.29, 1.82) is 0 Å². The van der Waals surface area contributed by atoms with Gasteiger partial charge >= 0.3 is 0 Å². The number of likely N-dealkylation sites (tertiary alicyclic amines) is 1. The first-order chi connectivity index (χ1) is 12.1. The second-order valence-corrected chi connectivity index (χ2v) is 6.73. The van der Waals surface area contributed by atoms with Crippen LogP contribution in [0.25, 0.3) is 10.9 Å². The quantitative estimate of drug-likeness (QED) is 0.741. The molecule has 2 aromatic heterocycles. The zero-order chi connectivity index (χ0) is 17.4. The van der Waals surface area contributed by atoms with Crippen molar-refractivity contribution in [3.05, 3.63) is 48.2 Å². The summed E-state index contributed by atoms with van der Waals surface area (Å²) in [6.45, 7) is 1.53. The van der Waals surface area contributed by atoms with Gasteiger partial charge in [-0.2, -0.15) is 5.10 Å². The molecule has 0 bridgehead atoms. The van der Waals surface area contributed by atoms with Crippen molar-refractivity contribution < 1.29 is 4.79 Å². The second-order valence-electron chi connectivity index (χ2n) is 6.73. The minimum absolute atomic E-state index is 0.0232. The van der Waals surface area contributed by atoms with Gasteiger partial charge < -0.3 is 14.8 Å². The van der Waals surface area contributed by atoms with Crippen LogP contribution in [0.3, 0.4) is 0 Å². The van der Waals surface area contributed by atoms with Crippen molar-refractivity contribution in [1.82, 2.24) is 30.0 Å². The first kappa shape index (κ1) is 15.8. The molecule has 0 radical (unpaired) electrons. The molecular formula is C18H22N6O. The van der Waals surface area contributed by atoms with Crippen LogP contribution in [0.5, 0.6) is 0 Å². The highest BCUT2D eigenvalue weighted by atomic mass is 16.2. The minimum atomic E-state index is 0.0232. The molecule has 3 aromatic rings. The molecule has 1 aromatic carbocycles. The molecule has 7 nitrogen and oxygen atoms in total. The van der Waals surface area contributed by atoms with Crippen LogP contribution in [0.2, 0.25) is 0 Å². The Morgan fingerprint density at radius 3 is 3.04 bits per heavy atom. The standard InChI is InChI=1S/C18H22N6O/c1-23-6-5-20-18(23)17-14(8-16(25)24(17)2)10-19-9-12-3-4-13-11-21-22-15(13)7-12/h3-7,11,14,17,19H,8-10H2,1-2H3,(H,21,22)/t14-,17+/m0/s1. The maximum Gasteiger partial charge on any atom is 0.223 e. The molecule has 0 unspecified atom stereocenters. The predicted octanol–water partition coefficient (Wildman–Crippen LogP) is 1.61. The molecule has 4 rings (SSSR count). The molecule has 1 fully saturated rings. The van der Waals surface area contributed by atoms with Crippen molar-refractivity contribution in [3.8, 4) is 0 Å². The van der Waals surface area contributed by atoms with E-state index in [1.54, 1.807) is 6.20 Å². The Morgan fingerprint density at radius 1 is 1.36 bits per heavy atom. The Bertz CT molecular complexity index is 898. The van der Waals surface area contributed by atoms with Crippen molar-refractivity contribution in [2.45, 2.75) is 19.0 Å². The number of hydrogen-bond acceptors (Lipinski definition) is 4. The molecule has 0 spiro atoms. The molecule has 1 aliphatic rings. The van der Waals surface area contributed by atoms with Crippen LogP contribution < -0.4 is 5.32 Å². The number of nitrogens with zero attached hydrogens (tertiary/aromatic N) is 4. The largest absolute Gasteiger partial charge is 0.336 e. The number of H-pyrrole nitrogens is 1. The van der Waals surface area contributed by atoms with Crippen LogP contribution in [0, 0.1) is 5.92 Å². The summed E-state index contributed by atoms with van der Waals surface area (Å²) in [5.41, 5.74) is 2.24. The molecule has 1 amide bonds. The lowest BCUT2D eigenvalue weighted by atomic mass is 9.99. The van der Waals surface area contributed by atoms with E-state index in [-0.39, 0.29) is 17.9 Å². The number of aromatic nitrogens is 4. The molecule has 2 N–H and O–H groups in total. The number of carbonyl (C=O) groups is 1. The average molecular weight is 338 g/mol. The number of fused-ring (bicyclic) bond motifs is 1. The lowest BCUT2D eigenvalue weighted by Crippen LogP contribution is -2.30. The molecule has 0 aliphatic carbocycles. The second kappa shape index (κ2) is 6.33. The average Bonchev–Trinajstić information content (AvgIpc) is 3.28. The van der Waals surface area contributed by atoms with Crippen LogP contribution in [0.1, 0.15) is 23.9 Å². The molecule has 1 aliphatic heterocycles. The van der Waals surface area contributed by atoms with Gasteiger partial charge in [-0.15, -0.1) is 0 Å². The summed E-state index contributed by atoms with van der Waals surface area (Å²) in [4.78, 5) is 18.5. The normalized spacial score (nSPS) is 20.7. The van der Waals surface area contributed by atoms with Crippen molar-refractivity contribution in [2.24, 2.45) is 13.0 Å². The molecule has 130 valence electrons. The predicted molar refractivity (Wildman–Crippen MR) is 94.6 cm³/mol. The first-order valence-corrected chi connectivity index (χ1v) is 8.49. The zero-order valence-corrected chi connectivity index (χ0v) is 14.4. The number of nitrogens with one attached hydrogen (secondary N) is 2. The van der Waals surface area contributed by atoms with Crippen molar-refractivity contribution >= 4 is 16.8 Å². The van der Waals surface area contributed by atoms with Crippen molar-refractivity contribution in [3.63, 3.8) is 0 Å². The van der Waals surface area contributed by atoms with E-state index < -0.39 is 0 Å². The number of benzene rings is 1. The van der Waals surface area contributed by atoms with Crippen molar-refractivity contribution in [2.75, 3.05) is 13.6 Å². The Kier molecular flexibility index (Phi) is 4.01. The van der Waals surface area contributed by atoms with E-state index in [2.05, 4.69) is 38.7 Å². The third kappa shape index (κ3) is 2.91. The minimum Gasteiger partial charge on any atom is -0.336 e. The van der Waals surface area contributed by atoms with Gasteiger partial charge in [0.15, 0.2) is 0 Å². The van der Waals surface area contributed by atoms with E-state index in [9.17, 15) is 4.79 Å². The highest BCUT2D eigenvalue weighted by Gasteiger charge is 2.40. The topological polar surface area (TPSA) is 78.8 Å². The summed E-state index contributed by atoms with van der Waals surface area (Å²) in [6.07, 6.45) is 6.09. The van der Waals surface area contributed by atoms with Gasteiger partial charge in [-0.05, 0) is 11.6 Å². The third-order valence-corrected chi connectivity index (χ3v) is 5.06. The van der Waals surface area contributed by atoms with E-state index in [0.29, 0.717) is 6.42 Å². The molecule has 0 saturated carbocycles. The van der Waals surface area contributed by atoms with E-state index in [4.69, 9.17) is 0 Å². The lowest BCUT2D eigenvalue weighted by molar-refractivity contribution is -0.127. The van der Waals surface area contributed by atoms with Gasteiger partial charge in [0.25, 0.3) is 0 Å². The summed E-state index contributed by atoms with van der Waals surface area (Å²) in [7, 11) is 3.84. The van der Waals surface area contributed by atoms with Crippen LogP contribution in [-0.2, 0) is 18.4 Å². The maximum absolute atomic E-state index is 12.2. The van der Waals surface area contributed by atoms with Crippen LogP contribution in [0.15, 0.2) is 36.8 Å². The van der Waals surface area contributed by atoms with Gasteiger partial charge in [0, 0.05) is 57.3 Å². The van der Waals surface area contributed by atoms with Crippen LogP contribution in [-0.4, -0.2) is 44.1 Å². The number of aryl methyl sites for hydroxylation is 1. The van der Waals surface area contributed by atoms with Gasteiger partial charge in [0.2, 0.25) is 5.91 Å². The number of imidazole rings is 1. The number of hydrogen-bond donors (Lipinski definition) is 2. The number of amides is 1. The molecular weight excluding hydrogens is 316 g/mol. The maximum atomic E-state index is 12.2. The summed E-state index contributed by atoms with van der Waals surface area (Å²) >= 11 is 0. The Labute approximate surface area is 146 Å². The third-order valence-electron chi connectivity index (χ3n) is 5.06. The van der Waals surface area contributed by atoms with E-state index >= 15 is 0 Å². The van der Waals surface area contributed by atoms with Gasteiger partial charge in [0.05, 0.1) is 17.8 Å². The SMILES string of the molecule is CN1C(=O)C[C@@H](CNCc2ccc3cn[nH]c3c2)[C@@H]1c1nccn1C. The summed E-state index contributed by atoms with van der Waals surface area (Å²) in [5, 5.41) is 11.7. The van der Waals surface area contributed by atoms with Crippen LogP contribution in [0.4, 0.5) is 0 Å². The fourth-order valence-corrected chi connectivity index (χ4v) is 3.68. The Balaban J connectivity index is 1.44. The fourth-order valence-electron chi connectivity index (χ4n) is 3.68. The molecule has 25 heavy (non-hydrogen) atoms. The van der Waals surface area contributed by atoms with E-state index in [1.807, 2.05) is 36.0 Å². The Hall–Kier alpha value is -2.67. The first-order valence-electron chi connectivity index (χ1n) is 8.49.